The van der Waals surface area contributed by atoms with Crippen molar-refractivity contribution < 1.29 is 9.47 Å². The summed E-state index contributed by atoms with van der Waals surface area (Å²) in [6, 6.07) is 0. The second kappa shape index (κ2) is 10.7. The molecule has 190 valence electrons. The molecule has 0 aromatic carbocycles. The Morgan fingerprint density at radius 1 is 0.970 bits per heavy atom. The standard InChI is InChI=1S/C31H54O2/c1-7-32-19-20-33-25-15-17-30(5)24(21-25)11-12-26-28-14-13-27(23(4)10-8-9-22(2)3)31(28,6)18-16-29(26)30/h11,22-23,25-29H,7-10,12-21H2,1-6H3/t23?,25-,26?,27?,28?,29?,30-,31+/m0/s1. The average Bonchev–Trinajstić information content (AvgIpc) is 3.14. The quantitative estimate of drug-likeness (QED) is 0.241. The molecule has 4 aliphatic carbocycles. The second-order valence-corrected chi connectivity index (χ2v) is 13.2. The molecule has 33 heavy (non-hydrogen) atoms. The summed E-state index contributed by atoms with van der Waals surface area (Å²) < 4.78 is 11.7. The van der Waals surface area contributed by atoms with Crippen LogP contribution in [0.3, 0.4) is 0 Å². The molecule has 0 N–H and O–H groups in total. The smallest absolute Gasteiger partial charge is 0.0704 e. The fraction of sp³-hybridized carbons (Fsp3) is 0.935. The maximum absolute atomic E-state index is 6.22. The van der Waals surface area contributed by atoms with Crippen molar-refractivity contribution in [3.63, 3.8) is 0 Å². The Morgan fingerprint density at radius 3 is 2.55 bits per heavy atom. The number of hydrogen-bond donors (Lipinski definition) is 0. The van der Waals surface area contributed by atoms with E-state index in [1.54, 1.807) is 5.57 Å². The van der Waals surface area contributed by atoms with E-state index in [4.69, 9.17) is 9.47 Å². The predicted octanol–water partition coefficient (Wildman–Crippen LogP) is 8.45. The number of fused-ring (bicyclic) bond motifs is 5. The van der Waals surface area contributed by atoms with Crippen molar-refractivity contribution in [2.24, 2.45) is 46.3 Å². The molecule has 0 radical (unpaired) electrons. The highest BCUT2D eigenvalue weighted by molar-refractivity contribution is 5.25. The molecule has 5 unspecified atom stereocenters. The maximum Gasteiger partial charge on any atom is 0.0704 e. The highest BCUT2D eigenvalue weighted by Gasteiger charge is 2.59. The van der Waals surface area contributed by atoms with Gasteiger partial charge >= 0.3 is 0 Å². The zero-order valence-electron chi connectivity index (χ0n) is 22.8. The molecule has 0 saturated heterocycles. The SMILES string of the molecule is CCOCCO[C@H]1CC[C@@]2(C)C(=CCC3C4CCC(C(C)CCCC(C)C)[C@@]4(C)CCC32)C1. The lowest BCUT2D eigenvalue weighted by Crippen LogP contribution is -2.51. The molecule has 0 bridgehead atoms. The first-order chi connectivity index (χ1) is 15.8. The van der Waals surface area contributed by atoms with Crippen LogP contribution in [0.4, 0.5) is 0 Å². The molecule has 4 rings (SSSR count). The average molecular weight is 459 g/mol. The third-order valence-electron chi connectivity index (χ3n) is 11.0. The number of allylic oxidation sites excluding steroid dienone is 1. The molecule has 8 atom stereocenters. The first kappa shape index (κ1) is 25.7. The Bertz CT molecular complexity index is 668. The van der Waals surface area contributed by atoms with E-state index in [1.165, 1.54) is 70.6 Å². The predicted molar refractivity (Wildman–Crippen MR) is 139 cm³/mol. The topological polar surface area (TPSA) is 18.5 Å². The molecule has 2 heteroatoms. The Labute approximate surface area is 205 Å². The van der Waals surface area contributed by atoms with Crippen LogP contribution in [0.15, 0.2) is 11.6 Å². The third kappa shape index (κ3) is 5.13. The van der Waals surface area contributed by atoms with Gasteiger partial charge < -0.3 is 9.47 Å². The van der Waals surface area contributed by atoms with Gasteiger partial charge in [-0.25, -0.2) is 0 Å². The summed E-state index contributed by atoms with van der Waals surface area (Å²) in [4.78, 5) is 0. The molecule has 3 saturated carbocycles. The molecule has 2 nitrogen and oxygen atoms in total. The summed E-state index contributed by atoms with van der Waals surface area (Å²) in [5.74, 6) is 5.53. The van der Waals surface area contributed by atoms with Crippen LogP contribution in [0.1, 0.15) is 112 Å². The molecule has 3 fully saturated rings. The van der Waals surface area contributed by atoms with E-state index in [0.29, 0.717) is 16.9 Å². The van der Waals surface area contributed by atoms with Crippen LogP contribution in [0.25, 0.3) is 0 Å². The monoisotopic (exact) mass is 458 g/mol. The van der Waals surface area contributed by atoms with Crippen LogP contribution < -0.4 is 0 Å². The summed E-state index contributed by atoms with van der Waals surface area (Å²) in [7, 11) is 0. The summed E-state index contributed by atoms with van der Waals surface area (Å²) in [6.07, 6.45) is 18.4. The van der Waals surface area contributed by atoms with E-state index in [9.17, 15) is 0 Å². The number of ether oxygens (including phenoxy) is 2. The second-order valence-electron chi connectivity index (χ2n) is 13.2. The Balaban J connectivity index is 1.40. The van der Waals surface area contributed by atoms with Crippen LogP contribution in [-0.2, 0) is 9.47 Å². The molecule has 0 aromatic heterocycles. The van der Waals surface area contributed by atoms with Crippen molar-refractivity contribution in [1.29, 1.82) is 0 Å². The van der Waals surface area contributed by atoms with Crippen molar-refractivity contribution in [3.05, 3.63) is 11.6 Å². The molecular formula is C31H54O2. The van der Waals surface area contributed by atoms with Gasteiger partial charge in [0.05, 0.1) is 19.3 Å². The lowest BCUT2D eigenvalue weighted by molar-refractivity contribution is -0.0675. The summed E-state index contributed by atoms with van der Waals surface area (Å²) in [5.41, 5.74) is 2.78. The van der Waals surface area contributed by atoms with Crippen LogP contribution in [0.2, 0.25) is 0 Å². The zero-order valence-corrected chi connectivity index (χ0v) is 22.8. The normalized spacial score (nSPS) is 41.3. The Kier molecular flexibility index (Phi) is 8.37. The first-order valence-electron chi connectivity index (χ1n) is 14.7. The third-order valence-corrected chi connectivity index (χ3v) is 11.0. The van der Waals surface area contributed by atoms with Crippen LogP contribution in [0.5, 0.6) is 0 Å². The van der Waals surface area contributed by atoms with Gasteiger partial charge in [0.15, 0.2) is 0 Å². The molecule has 0 aromatic rings. The fourth-order valence-electron chi connectivity index (χ4n) is 9.21. The molecule has 0 heterocycles. The van der Waals surface area contributed by atoms with Crippen molar-refractivity contribution in [3.8, 4) is 0 Å². The first-order valence-corrected chi connectivity index (χ1v) is 14.7. The zero-order chi connectivity index (χ0) is 23.6. The van der Waals surface area contributed by atoms with Crippen molar-refractivity contribution in [2.75, 3.05) is 19.8 Å². The highest BCUT2D eigenvalue weighted by atomic mass is 16.5. The molecule has 0 aliphatic heterocycles. The van der Waals surface area contributed by atoms with Gasteiger partial charge in [-0.15, -0.1) is 0 Å². The molecular weight excluding hydrogens is 404 g/mol. The summed E-state index contributed by atoms with van der Waals surface area (Å²) in [6.45, 7) is 17.1. The minimum absolute atomic E-state index is 0.415. The van der Waals surface area contributed by atoms with Gasteiger partial charge in [-0.3, -0.25) is 0 Å². The van der Waals surface area contributed by atoms with Crippen LogP contribution in [-0.4, -0.2) is 25.9 Å². The minimum Gasteiger partial charge on any atom is -0.379 e. The summed E-state index contributed by atoms with van der Waals surface area (Å²) in [5, 5.41) is 0. The number of hydrogen-bond acceptors (Lipinski definition) is 2. The van der Waals surface area contributed by atoms with Gasteiger partial charge in [0.2, 0.25) is 0 Å². The largest absolute Gasteiger partial charge is 0.379 e. The van der Waals surface area contributed by atoms with Gasteiger partial charge in [-0.05, 0) is 105 Å². The van der Waals surface area contributed by atoms with E-state index >= 15 is 0 Å². The van der Waals surface area contributed by atoms with Crippen LogP contribution >= 0.6 is 0 Å². The fourth-order valence-corrected chi connectivity index (χ4v) is 9.21. The highest BCUT2D eigenvalue weighted by Crippen LogP contribution is 2.67. The molecule has 0 spiro atoms. The van der Waals surface area contributed by atoms with Gasteiger partial charge in [-0.1, -0.05) is 65.5 Å². The lowest BCUT2D eigenvalue weighted by atomic mass is 9.47. The maximum atomic E-state index is 6.22. The Morgan fingerprint density at radius 2 is 1.79 bits per heavy atom. The van der Waals surface area contributed by atoms with E-state index in [-0.39, 0.29) is 0 Å². The number of rotatable bonds is 10. The van der Waals surface area contributed by atoms with Gasteiger partial charge in [0.25, 0.3) is 0 Å². The van der Waals surface area contributed by atoms with Gasteiger partial charge in [-0.2, -0.15) is 0 Å². The molecule has 0 amide bonds. The Hall–Kier alpha value is -0.340. The van der Waals surface area contributed by atoms with E-state index in [0.717, 1.165) is 55.3 Å². The van der Waals surface area contributed by atoms with Crippen LogP contribution in [0, 0.1) is 46.3 Å². The van der Waals surface area contributed by atoms with Crippen molar-refractivity contribution in [1.82, 2.24) is 0 Å². The van der Waals surface area contributed by atoms with E-state index in [2.05, 4.69) is 47.6 Å². The van der Waals surface area contributed by atoms with E-state index in [1.807, 2.05) is 0 Å². The minimum atomic E-state index is 0.415. The van der Waals surface area contributed by atoms with Crippen molar-refractivity contribution in [2.45, 2.75) is 118 Å². The van der Waals surface area contributed by atoms with Crippen molar-refractivity contribution >= 4 is 0 Å². The molecule has 4 aliphatic rings. The van der Waals surface area contributed by atoms with Gasteiger partial charge in [0, 0.05) is 6.61 Å². The summed E-state index contributed by atoms with van der Waals surface area (Å²) >= 11 is 0. The van der Waals surface area contributed by atoms with Gasteiger partial charge in [0.1, 0.15) is 0 Å². The van der Waals surface area contributed by atoms with E-state index < -0.39 is 0 Å². The lowest BCUT2D eigenvalue weighted by Gasteiger charge is -2.58.